The fourth-order valence-corrected chi connectivity index (χ4v) is 1.32. The lowest BCUT2D eigenvalue weighted by Crippen LogP contribution is -2.50. The van der Waals surface area contributed by atoms with Gasteiger partial charge in [0.15, 0.2) is 0 Å². The molecule has 0 heterocycles. The summed E-state index contributed by atoms with van der Waals surface area (Å²) in [6.07, 6.45) is -0.690. The molecule has 128 valence electrons. The molecule has 0 saturated carbocycles. The van der Waals surface area contributed by atoms with Crippen molar-refractivity contribution in [3.05, 3.63) is 0 Å². The maximum atomic E-state index is 11.9. The molecule has 0 aromatic heterocycles. The zero-order valence-corrected chi connectivity index (χ0v) is 14.5. The largest absolute Gasteiger partial charge is 0.464 e. The highest BCUT2D eigenvalue weighted by molar-refractivity contribution is 5.89. The van der Waals surface area contributed by atoms with Gasteiger partial charge in [-0.15, -0.1) is 0 Å². The normalized spacial score (nSPS) is 14.0. The summed E-state index contributed by atoms with van der Waals surface area (Å²) in [6.45, 7) is 12.3. The van der Waals surface area contributed by atoms with Gasteiger partial charge in [0, 0.05) is 0 Å². The van der Waals surface area contributed by atoms with Gasteiger partial charge < -0.3 is 20.1 Å². The minimum atomic E-state index is -0.824. The highest BCUT2D eigenvalue weighted by Crippen LogP contribution is 2.06. The summed E-state index contributed by atoms with van der Waals surface area (Å²) in [5, 5.41) is 4.89. The molecule has 2 amide bonds. The molecule has 7 heteroatoms. The first-order valence-corrected chi connectivity index (χ1v) is 7.39. The molecule has 2 atom stereocenters. The Balaban J connectivity index is 4.29. The maximum Gasteiger partial charge on any atom is 0.408 e. The van der Waals surface area contributed by atoms with E-state index in [-0.39, 0.29) is 5.92 Å². The summed E-state index contributed by atoms with van der Waals surface area (Å²) in [4.78, 5) is 35.1. The zero-order valence-electron chi connectivity index (χ0n) is 14.5. The second-order valence-corrected chi connectivity index (χ2v) is 6.62. The molecule has 0 aromatic carbocycles. The number of nitrogens with one attached hydrogen (secondary N) is 2. The molecule has 22 heavy (non-hydrogen) atoms. The topological polar surface area (TPSA) is 93.7 Å². The van der Waals surface area contributed by atoms with Crippen LogP contribution in [0.15, 0.2) is 0 Å². The zero-order chi connectivity index (χ0) is 17.5. The van der Waals surface area contributed by atoms with Crippen molar-refractivity contribution in [3.63, 3.8) is 0 Å². The van der Waals surface area contributed by atoms with Gasteiger partial charge in [-0.3, -0.25) is 4.79 Å². The Bertz CT molecular complexity index is 401. The lowest BCUT2D eigenvalue weighted by molar-refractivity contribution is -0.148. The Labute approximate surface area is 132 Å². The van der Waals surface area contributed by atoms with Gasteiger partial charge in [-0.25, -0.2) is 9.59 Å². The van der Waals surface area contributed by atoms with Crippen LogP contribution in [0.2, 0.25) is 0 Å². The molecule has 0 bridgehead atoms. The smallest absolute Gasteiger partial charge is 0.408 e. The lowest BCUT2D eigenvalue weighted by Gasteiger charge is -2.22. The summed E-state index contributed by atoms with van der Waals surface area (Å²) in [5.41, 5.74) is -0.645. The van der Waals surface area contributed by atoms with Gasteiger partial charge in [-0.2, -0.15) is 0 Å². The lowest BCUT2D eigenvalue weighted by atomic mass is 10.2. The number of carbonyl (C=O) groups excluding carboxylic acids is 3. The van der Waals surface area contributed by atoms with Gasteiger partial charge in [-0.05, 0) is 40.5 Å². The molecule has 0 saturated heterocycles. The molecular weight excluding hydrogens is 288 g/mol. The van der Waals surface area contributed by atoms with Crippen LogP contribution in [0.3, 0.4) is 0 Å². The monoisotopic (exact) mass is 316 g/mol. The van der Waals surface area contributed by atoms with Crippen molar-refractivity contribution in [1.29, 1.82) is 0 Å². The van der Waals surface area contributed by atoms with Crippen LogP contribution < -0.4 is 10.6 Å². The number of amides is 2. The van der Waals surface area contributed by atoms with Crippen molar-refractivity contribution in [1.82, 2.24) is 10.6 Å². The van der Waals surface area contributed by atoms with Crippen LogP contribution in [-0.2, 0) is 19.1 Å². The van der Waals surface area contributed by atoms with Crippen molar-refractivity contribution in [3.8, 4) is 0 Å². The fourth-order valence-electron chi connectivity index (χ4n) is 1.32. The van der Waals surface area contributed by atoms with E-state index in [1.807, 2.05) is 13.8 Å². The third-order valence-corrected chi connectivity index (χ3v) is 2.40. The van der Waals surface area contributed by atoms with Crippen LogP contribution in [0.5, 0.6) is 0 Å². The number of hydrogen-bond acceptors (Lipinski definition) is 5. The minimum absolute atomic E-state index is 0.222. The van der Waals surface area contributed by atoms with Gasteiger partial charge in [-0.1, -0.05) is 13.8 Å². The maximum absolute atomic E-state index is 11.9. The number of esters is 1. The summed E-state index contributed by atoms with van der Waals surface area (Å²) < 4.78 is 10.1. The van der Waals surface area contributed by atoms with Crippen LogP contribution in [0.25, 0.3) is 0 Å². The third kappa shape index (κ3) is 9.20. The molecule has 0 radical (unpaired) electrons. The molecule has 2 N–H and O–H groups in total. The Morgan fingerprint density at radius 2 is 1.50 bits per heavy atom. The number of ether oxygens (including phenoxy) is 2. The molecule has 0 aliphatic rings. The second-order valence-electron chi connectivity index (χ2n) is 6.62. The Morgan fingerprint density at radius 1 is 0.955 bits per heavy atom. The molecule has 0 fully saturated rings. The Morgan fingerprint density at radius 3 is 1.95 bits per heavy atom. The third-order valence-electron chi connectivity index (χ3n) is 2.40. The van der Waals surface area contributed by atoms with E-state index in [0.717, 1.165) is 0 Å². The average Bonchev–Trinajstić information content (AvgIpc) is 2.32. The number of carbonyl (C=O) groups is 3. The van der Waals surface area contributed by atoms with Gasteiger partial charge in [0.2, 0.25) is 5.91 Å². The molecule has 0 unspecified atom stereocenters. The van der Waals surface area contributed by atoms with Gasteiger partial charge in [0.25, 0.3) is 0 Å². The summed E-state index contributed by atoms with van der Waals surface area (Å²) >= 11 is 0. The first-order valence-electron chi connectivity index (χ1n) is 7.39. The van der Waals surface area contributed by atoms with Gasteiger partial charge in [0.1, 0.15) is 17.7 Å². The summed E-state index contributed by atoms with van der Waals surface area (Å²) in [5.74, 6) is -0.772. The van der Waals surface area contributed by atoms with Crippen LogP contribution in [-0.4, -0.2) is 42.3 Å². The molecule has 0 aliphatic carbocycles. The standard InChI is InChI=1S/C15H28N2O5/c1-9(2)8-21-13(19)11(4)16-12(18)10(3)17-14(20)22-15(5,6)7/h9-11H,8H2,1-7H3,(H,16,18)(H,17,20)/t10-,11-/m1/s1. The fraction of sp³-hybridized carbons (Fsp3) is 0.800. The first-order chi connectivity index (χ1) is 9.92. The molecule has 0 rings (SSSR count). The van der Waals surface area contributed by atoms with Crippen molar-refractivity contribution < 1.29 is 23.9 Å². The van der Waals surface area contributed by atoms with E-state index in [0.29, 0.717) is 6.61 Å². The highest BCUT2D eigenvalue weighted by atomic mass is 16.6. The molecule has 0 aromatic rings. The number of rotatable bonds is 6. The van der Waals surface area contributed by atoms with E-state index in [1.165, 1.54) is 13.8 Å². The van der Waals surface area contributed by atoms with E-state index in [9.17, 15) is 14.4 Å². The van der Waals surface area contributed by atoms with E-state index >= 15 is 0 Å². The molecule has 0 aliphatic heterocycles. The quantitative estimate of drug-likeness (QED) is 0.726. The SMILES string of the molecule is CC(C)COC(=O)[C@@H](C)NC(=O)[C@@H](C)NC(=O)OC(C)(C)C. The summed E-state index contributed by atoms with van der Waals surface area (Å²) in [7, 11) is 0. The average molecular weight is 316 g/mol. The molecular formula is C15H28N2O5. The van der Waals surface area contributed by atoms with E-state index in [2.05, 4.69) is 10.6 Å². The van der Waals surface area contributed by atoms with Crippen molar-refractivity contribution in [2.24, 2.45) is 5.92 Å². The molecule has 7 nitrogen and oxygen atoms in total. The van der Waals surface area contributed by atoms with Crippen molar-refractivity contribution in [2.75, 3.05) is 6.61 Å². The predicted molar refractivity (Wildman–Crippen MR) is 82.2 cm³/mol. The van der Waals surface area contributed by atoms with Gasteiger partial charge in [0.05, 0.1) is 6.61 Å². The van der Waals surface area contributed by atoms with Crippen LogP contribution >= 0.6 is 0 Å². The van der Waals surface area contributed by atoms with E-state index < -0.39 is 35.7 Å². The van der Waals surface area contributed by atoms with Crippen LogP contribution in [0.1, 0.15) is 48.5 Å². The Kier molecular flexibility index (Phi) is 7.90. The first kappa shape index (κ1) is 20.2. The number of hydrogen-bond donors (Lipinski definition) is 2. The predicted octanol–water partition coefficient (Wildman–Crippen LogP) is 1.60. The van der Waals surface area contributed by atoms with Crippen molar-refractivity contribution >= 4 is 18.0 Å². The Hall–Kier alpha value is -1.79. The van der Waals surface area contributed by atoms with E-state index in [1.54, 1.807) is 20.8 Å². The summed E-state index contributed by atoms with van der Waals surface area (Å²) in [6, 6.07) is -1.61. The number of alkyl carbamates (subject to hydrolysis) is 1. The highest BCUT2D eigenvalue weighted by Gasteiger charge is 2.24. The van der Waals surface area contributed by atoms with Crippen LogP contribution in [0.4, 0.5) is 4.79 Å². The second kappa shape index (κ2) is 8.60. The van der Waals surface area contributed by atoms with Crippen LogP contribution in [0, 0.1) is 5.92 Å². The van der Waals surface area contributed by atoms with Crippen molar-refractivity contribution in [2.45, 2.75) is 66.2 Å². The van der Waals surface area contributed by atoms with Gasteiger partial charge >= 0.3 is 12.1 Å². The van der Waals surface area contributed by atoms with E-state index in [4.69, 9.17) is 9.47 Å². The minimum Gasteiger partial charge on any atom is -0.464 e. The molecule has 0 spiro atoms.